The predicted octanol–water partition coefficient (Wildman–Crippen LogP) is 5.07. The van der Waals surface area contributed by atoms with Gasteiger partial charge in [0.15, 0.2) is 0 Å². The average molecular weight is 524 g/mol. The van der Waals surface area contributed by atoms with Gasteiger partial charge in [0.1, 0.15) is 0 Å². The Bertz CT molecular complexity index is 873. The number of rotatable bonds is 5. The first-order valence-corrected chi connectivity index (χ1v) is 14.7. The minimum absolute atomic E-state index is 0.0504. The van der Waals surface area contributed by atoms with Crippen molar-refractivity contribution in [3.8, 4) is 0 Å². The van der Waals surface area contributed by atoms with Crippen LogP contribution >= 0.6 is 0 Å². The molecule has 2 aliphatic heterocycles. The average Bonchev–Trinajstić information content (AvgIpc) is 3.70. The summed E-state index contributed by atoms with van der Waals surface area (Å²) in [5.41, 5.74) is 0. The number of amides is 2. The lowest BCUT2D eigenvalue weighted by molar-refractivity contribution is -0.186. The molecule has 0 aromatic rings. The molecule has 5 fully saturated rings. The number of nitrogens with one attached hydrogen (secondary N) is 2. The zero-order valence-corrected chi connectivity index (χ0v) is 22.3. The molecule has 0 aromatic heterocycles. The lowest BCUT2D eigenvalue weighted by atomic mass is 9.65. The Balaban J connectivity index is 1.18. The molecule has 5 rings (SSSR count). The molecule has 5 aliphatic rings. The maximum Gasteiger partial charge on any atom is 0.391 e. The van der Waals surface area contributed by atoms with Crippen molar-refractivity contribution in [3.05, 3.63) is 12.2 Å². The smallest absolute Gasteiger partial charge is 0.353 e. The Morgan fingerprint density at radius 3 is 2.54 bits per heavy atom. The van der Waals surface area contributed by atoms with Crippen LogP contribution in [0.25, 0.3) is 0 Å². The molecule has 3 saturated carbocycles. The fraction of sp³-hybridized carbons (Fsp3) is 0.862. The number of carbonyl (C=O) groups is 2. The van der Waals surface area contributed by atoms with Crippen LogP contribution in [0.3, 0.4) is 0 Å². The van der Waals surface area contributed by atoms with Crippen LogP contribution in [-0.2, 0) is 9.59 Å². The molecule has 0 radical (unpaired) electrons. The third-order valence-electron chi connectivity index (χ3n) is 10.3. The second-order valence-corrected chi connectivity index (χ2v) is 12.9. The van der Waals surface area contributed by atoms with Crippen molar-refractivity contribution in [1.29, 1.82) is 0 Å². The normalized spacial score (nSPS) is 41.5. The lowest BCUT2D eigenvalue weighted by Crippen LogP contribution is -2.60. The maximum absolute atomic E-state index is 13.6. The van der Waals surface area contributed by atoms with Crippen molar-refractivity contribution in [2.75, 3.05) is 13.6 Å². The summed E-state index contributed by atoms with van der Waals surface area (Å²) in [5.74, 6) is -0.200. The van der Waals surface area contributed by atoms with Gasteiger partial charge in [-0.2, -0.15) is 13.2 Å². The zero-order valence-electron chi connectivity index (χ0n) is 22.3. The summed E-state index contributed by atoms with van der Waals surface area (Å²) in [6.45, 7) is 3.14. The van der Waals surface area contributed by atoms with Crippen molar-refractivity contribution in [2.45, 2.75) is 102 Å². The van der Waals surface area contributed by atoms with Crippen LogP contribution in [0.2, 0.25) is 0 Å². The molecule has 0 bridgehead atoms. The van der Waals surface area contributed by atoms with Crippen LogP contribution in [0.5, 0.6) is 0 Å². The van der Waals surface area contributed by atoms with Gasteiger partial charge in [-0.1, -0.05) is 25.5 Å². The van der Waals surface area contributed by atoms with E-state index in [-0.39, 0.29) is 48.6 Å². The molecule has 5 nitrogen and oxygen atoms in total. The van der Waals surface area contributed by atoms with Crippen molar-refractivity contribution >= 4 is 11.8 Å². The first-order valence-electron chi connectivity index (χ1n) is 14.7. The van der Waals surface area contributed by atoms with E-state index in [2.05, 4.69) is 29.7 Å². The van der Waals surface area contributed by atoms with Crippen LogP contribution < -0.4 is 10.6 Å². The van der Waals surface area contributed by atoms with E-state index in [1.165, 1.54) is 12.8 Å². The number of likely N-dealkylation sites (tertiary alicyclic amines) is 1. The molecule has 208 valence electrons. The van der Waals surface area contributed by atoms with Crippen molar-refractivity contribution in [1.82, 2.24) is 15.5 Å². The van der Waals surface area contributed by atoms with Gasteiger partial charge in [-0.15, -0.1) is 0 Å². The highest BCUT2D eigenvalue weighted by molar-refractivity contribution is 5.81. The molecular formula is C29H44F3N3O2. The minimum atomic E-state index is -4.23. The van der Waals surface area contributed by atoms with Crippen molar-refractivity contribution in [3.63, 3.8) is 0 Å². The maximum atomic E-state index is 13.6. The summed E-state index contributed by atoms with van der Waals surface area (Å²) < 4.78 is 39.7. The lowest BCUT2D eigenvalue weighted by Gasteiger charge is -2.50. The predicted molar refractivity (Wildman–Crippen MR) is 136 cm³/mol. The first-order chi connectivity index (χ1) is 17.6. The van der Waals surface area contributed by atoms with Crippen LogP contribution in [0.1, 0.15) is 77.6 Å². The third kappa shape index (κ3) is 6.20. The molecule has 9 atom stereocenters. The number of nitrogens with zero attached hydrogens (tertiary/aromatic N) is 1. The standard InChI is InChI=1S/C29H44F3N3O2/c1-17-6-10-23(34-27(36)19-4-3-5-21(12-19)29(30,31)32)14-24(17)25-13-20-16-33-22(11-9-18-7-8-18)15-26(20)35(2)28(25)37/h9,11,17-26,33H,3-8,10,12-16H2,1-2H3,(H,34,36)/b11-9+. The molecule has 0 aromatic carbocycles. The van der Waals surface area contributed by atoms with Crippen molar-refractivity contribution in [2.24, 2.45) is 41.4 Å². The Labute approximate surface area is 219 Å². The highest BCUT2D eigenvalue weighted by Crippen LogP contribution is 2.44. The summed E-state index contributed by atoms with van der Waals surface area (Å²) in [5, 5.41) is 6.81. The topological polar surface area (TPSA) is 61.4 Å². The number of piperidine rings is 2. The molecule has 37 heavy (non-hydrogen) atoms. The van der Waals surface area contributed by atoms with E-state index in [1.807, 2.05) is 11.9 Å². The molecule has 0 spiro atoms. The number of hydrogen-bond donors (Lipinski definition) is 2. The Hall–Kier alpha value is -1.57. The van der Waals surface area contributed by atoms with Gasteiger partial charge in [-0.3, -0.25) is 9.59 Å². The monoisotopic (exact) mass is 523 g/mol. The first kappa shape index (κ1) is 27.0. The zero-order chi connectivity index (χ0) is 26.3. The van der Waals surface area contributed by atoms with Gasteiger partial charge in [-0.25, -0.2) is 0 Å². The second kappa shape index (κ2) is 10.9. The van der Waals surface area contributed by atoms with E-state index in [9.17, 15) is 22.8 Å². The van der Waals surface area contributed by atoms with Crippen LogP contribution in [0, 0.1) is 41.4 Å². The van der Waals surface area contributed by atoms with Gasteiger partial charge in [-0.05, 0) is 87.9 Å². The van der Waals surface area contributed by atoms with E-state index < -0.39 is 18.0 Å². The van der Waals surface area contributed by atoms with Crippen molar-refractivity contribution < 1.29 is 22.8 Å². The number of hydrogen-bond acceptors (Lipinski definition) is 3. The van der Waals surface area contributed by atoms with Crippen LogP contribution in [0.4, 0.5) is 13.2 Å². The minimum Gasteiger partial charge on any atom is -0.353 e. The summed E-state index contributed by atoms with van der Waals surface area (Å²) >= 11 is 0. The number of alkyl halides is 3. The molecule has 2 saturated heterocycles. The Kier molecular flexibility index (Phi) is 7.95. The number of allylic oxidation sites excluding steroid dienone is 1. The Morgan fingerprint density at radius 2 is 1.81 bits per heavy atom. The molecule has 2 heterocycles. The molecule has 2 N–H and O–H groups in total. The number of carbonyl (C=O) groups excluding carboxylic acids is 2. The van der Waals surface area contributed by atoms with Gasteiger partial charge in [0.25, 0.3) is 0 Å². The summed E-state index contributed by atoms with van der Waals surface area (Å²) in [7, 11) is 1.96. The molecule has 2 amide bonds. The fourth-order valence-corrected chi connectivity index (χ4v) is 7.72. The highest BCUT2D eigenvalue weighted by Gasteiger charge is 2.48. The highest BCUT2D eigenvalue weighted by atomic mass is 19.4. The van der Waals surface area contributed by atoms with E-state index >= 15 is 0 Å². The van der Waals surface area contributed by atoms with Crippen LogP contribution in [-0.4, -0.2) is 54.6 Å². The van der Waals surface area contributed by atoms with Gasteiger partial charge >= 0.3 is 6.18 Å². The molecule has 3 aliphatic carbocycles. The molecule has 9 unspecified atom stereocenters. The van der Waals surface area contributed by atoms with E-state index in [4.69, 9.17) is 0 Å². The molecular weight excluding hydrogens is 479 g/mol. The van der Waals surface area contributed by atoms with Crippen LogP contribution in [0.15, 0.2) is 12.2 Å². The summed E-state index contributed by atoms with van der Waals surface area (Å²) in [6.07, 6.45) is 8.36. The fourth-order valence-electron chi connectivity index (χ4n) is 7.72. The van der Waals surface area contributed by atoms with E-state index in [0.29, 0.717) is 30.7 Å². The second-order valence-electron chi connectivity index (χ2n) is 12.9. The van der Waals surface area contributed by atoms with Gasteiger partial charge < -0.3 is 15.5 Å². The largest absolute Gasteiger partial charge is 0.391 e. The number of halogens is 3. The quantitative estimate of drug-likeness (QED) is 0.495. The van der Waals surface area contributed by atoms with E-state index in [1.54, 1.807) is 0 Å². The Morgan fingerprint density at radius 1 is 1.03 bits per heavy atom. The van der Waals surface area contributed by atoms with Gasteiger partial charge in [0.2, 0.25) is 11.8 Å². The number of fused-ring (bicyclic) bond motifs is 1. The summed E-state index contributed by atoms with van der Waals surface area (Å²) in [6, 6.07) is 0.539. The van der Waals surface area contributed by atoms with Gasteiger partial charge in [0.05, 0.1) is 5.92 Å². The van der Waals surface area contributed by atoms with E-state index in [0.717, 1.165) is 44.6 Å². The SMILES string of the molecule is CC1CCC(NC(=O)C2CCCC(C(F)(F)F)C2)CC1C1CC2CNC(/C=C/C3CC3)CC2N(C)C1=O. The van der Waals surface area contributed by atoms with Gasteiger partial charge in [0, 0.05) is 43.6 Å². The third-order valence-corrected chi connectivity index (χ3v) is 10.3. The molecule has 8 heteroatoms. The summed E-state index contributed by atoms with van der Waals surface area (Å²) in [4.78, 5) is 28.6.